The Balaban J connectivity index is 2.11. The van der Waals surface area contributed by atoms with E-state index in [1.165, 1.54) is 11.3 Å². The molecule has 2 rings (SSSR count). The highest BCUT2D eigenvalue weighted by Crippen LogP contribution is 2.28. The van der Waals surface area contributed by atoms with Crippen molar-refractivity contribution in [2.75, 3.05) is 11.9 Å². The molecule has 0 fully saturated rings. The first-order valence-electron chi connectivity index (χ1n) is 6.62. The van der Waals surface area contributed by atoms with Crippen molar-refractivity contribution >= 4 is 33.0 Å². The second-order valence-corrected chi connectivity index (χ2v) is 7.10. The fourth-order valence-corrected chi connectivity index (χ4v) is 3.50. The Morgan fingerprint density at radius 1 is 1.45 bits per heavy atom. The van der Waals surface area contributed by atoms with Gasteiger partial charge in [-0.25, -0.2) is 4.98 Å². The van der Waals surface area contributed by atoms with Gasteiger partial charge in [-0.2, -0.15) is 0 Å². The van der Waals surface area contributed by atoms with E-state index in [4.69, 9.17) is 5.73 Å². The molecule has 5 heteroatoms. The molecule has 1 atom stereocenters. The van der Waals surface area contributed by atoms with Crippen LogP contribution >= 0.6 is 27.3 Å². The number of halogens is 1. The van der Waals surface area contributed by atoms with Gasteiger partial charge in [-0.1, -0.05) is 6.07 Å². The van der Waals surface area contributed by atoms with Crippen LogP contribution in [0.3, 0.4) is 0 Å². The molecule has 0 bridgehead atoms. The molecule has 0 radical (unpaired) electrons. The number of thiazole rings is 1. The van der Waals surface area contributed by atoms with E-state index in [0.717, 1.165) is 28.1 Å². The first-order valence-corrected chi connectivity index (χ1v) is 8.29. The predicted molar refractivity (Wildman–Crippen MR) is 90.5 cm³/mol. The van der Waals surface area contributed by atoms with Crippen molar-refractivity contribution in [3.05, 3.63) is 44.3 Å². The Hall–Kier alpha value is -0.910. The van der Waals surface area contributed by atoms with Gasteiger partial charge in [0.05, 0.1) is 22.9 Å². The summed E-state index contributed by atoms with van der Waals surface area (Å²) in [7, 11) is 2.08. The number of hydrogen-bond acceptors (Lipinski definition) is 4. The molecule has 2 N–H and O–H groups in total. The number of anilines is 1. The van der Waals surface area contributed by atoms with Crippen LogP contribution in [0.25, 0.3) is 0 Å². The van der Waals surface area contributed by atoms with E-state index in [-0.39, 0.29) is 6.04 Å². The molecule has 1 unspecified atom stereocenters. The summed E-state index contributed by atoms with van der Waals surface area (Å²) < 4.78 is 1.10. The highest BCUT2D eigenvalue weighted by Gasteiger charge is 2.09. The number of nitrogens with two attached hydrogens (primary N) is 1. The highest BCUT2D eigenvalue weighted by atomic mass is 79.9. The summed E-state index contributed by atoms with van der Waals surface area (Å²) >= 11 is 5.35. The lowest BCUT2D eigenvalue weighted by Gasteiger charge is -2.20. The van der Waals surface area contributed by atoms with E-state index >= 15 is 0 Å². The molecule has 0 aliphatic carbocycles. The second-order valence-electron chi connectivity index (χ2n) is 5.18. The summed E-state index contributed by atoms with van der Waals surface area (Å²) in [5, 5.41) is 3.23. The third-order valence-corrected chi connectivity index (χ3v) is 4.50. The first kappa shape index (κ1) is 15.5. The molecule has 2 aromatic rings. The molecule has 1 aromatic heterocycles. The zero-order valence-corrected chi connectivity index (χ0v) is 14.5. The number of hydrogen-bond donors (Lipinski definition) is 1. The Kier molecular flexibility index (Phi) is 5.18. The topological polar surface area (TPSA) is 42.2 Å². The van der Waals surface area contributed by atoms with Crippen LogP contribution in [0.1, 0.15) is 23.2 Å². The fourth-order valence-electron chi connectivity index (χ4n) is 2.17. The summed E-state index contributed by atoms with van der Waals surface area (Å²) in [6.07, 6.45) is 0.897. The Morgan fingerprint density at radius 2 is 2.20 bits per heavy atom. The first-order chi connectivity index (χ1) is 9.45. The number of rotatable bonds is 5. The predicted octanol–water partition coefficient (Wildman–Crippen LogP) is 3.74. The summed E-state index contributed by atoms with van der Waals surface area (Å²) in [5.74, 6) is 0. The third-order valence-electron chi connectivity index (χ3n) is 3.05. The smallest absolute Gasteiger partial charge is 0.0898 e. The van der Waals surface area contributed by atoms with Gasteiger partial charge in [0, 0.05) is 22.9 Å². The SMILES string of the molecule is Cc1nc(CN(C)c2ccc(CC(C)N)cc2Br)cs1. The molecule has 3 nitrogen and oxygen atoms in total. The van der Waals surface area contributed by atoms with Gasteiger partial charge in [0.15, 0.2) is 0 Å². The molecule has 1 heterocycles. The molecule has 0 spiro atoms. The van der Waals surface area contributed by atoms with Crippen LogP contribution in [-0.2, 0) is 13.0 Å². The van der Waals surface area contributed by atoms with Gasteiger partial charge < -0.3 is 10.6 Å². The molecule has 108 valence electrons. The fraction of sp³-hybridized carbons (Fsp3) is 0.400. The molecule has 0 saturated carbocycles. The van der Waals surface area contributed by atoms with Gasteiger partial charge in [-0.05, 0) is 53.9 Å². The van der Waals surface area contributed by atoms with Gasteiger partial charge in [-0.3, -0.25) is 0 Å². The van der Waals surface area contributed by atoms with Gasteiger partial charge in [0.25, 0.3) is 0 Å². The van der Waals surface area contributed by atoms with Crippen LogP contribution in [0, 0.1) is 6.92 Å². The van der Waals surface area contributed by atoms with Gasteiger partial charge in [0.2, 0.25) is 0 Å². The van der Waals surface area contributed by atoms with Crippen molar-refractivity contribution in [2.45, 2.75) is 32.9 Å². The maximum absolute atomic E-state index is 5.84. The molecule has 0 amide bonds. The molecule has 20 heavy (non-hydrogen) atoms. The highest BCUT2D eigenvalue weighted by molar-refractivity contribution is 9.10. The Bertz CT molecular complexity index is 580. The van der Waals surface area contributed by atoms with E-state index in [0.29, 0.717) is 0 Å². The van der Waals surface area contributed by atoms with E-state index in [9.17, 15) is 0 Å². The minimum Gasteiger partial charge on any atom is -0.368 e. The van der Waals surface area contributed by atoms with Crippen LogP contribution in [0.2, 0.25) is 0 Å². The van der Waals surface area contributed by atoms with Crippen molar-refractivity contribution in [1.82, 2.24) is 4.98 Å². The minimum atomic E-state index is 0.184. The largest absolute Gasteiger partial charge is 0.368 e. The van der Waals surface area contributed by atoms with Gasteiger partial charge >= 0.3 is 0 Å². The van der Waals surface area contributed by atoms with E-state index in [2.05, 4.69) is 56.4 Å². The summed E-state index contributed by atoms with van der Waals surface area (Å²) in [6.45, 7) is 4.88. The van der Waals surface area contributed by atoms with Crippen molar-refractivity contribution in [3.8, 4) is 0 Å². The van der Waals surface area contributed by atoms with Crippen LogP contribution in [0.5, 0.6) is 0 Å². The van der Waals surface area contributed by atoms with Crippen molar-refractivity contribution < 1.29 is 0 Å². The molecule has 0 saturated heterocycles. The quantitative estimate of drug-likeness (QED) is 0.889. The maximum atomic E-state index is 5.84. The second kappa shape index (κ2) is 6.70. The van der Waals surface area contributed by atoms with E-state index < -0.39 is 0 Å². The minimum absolute atomic E-state index is 0.184. The summed E-state index contributed by atoms with van der Waals surface area (Å²) in [4.78, 5) is 6.71. The molecule has 0 aliphatic heterocycles. The van der Waals surface area contributed by atoms with Crippen LogP contribution in [-0.4, -0.2) is 18.1 Å². The van der Waals surface area contributed by atoms with Crippen molar-refractivity contribution in [3.63, 3.8) is 0 Å². The van der Waals surface area contributed by atoms with Gasteiger partial charge in [-0.15, -0.1) is 11.3 Å². The molecular weight excluding hydrogens is 334 g/mol. The number of aryl methyl sites for hydroxylation is 1. The lowest BCUT2D eigenvalue weighted by Crippen LogP contribution is -2.19. The number of nitrogens with zero attached hydrogens (tertiary/aromatic N) is 2. The third kappa shape index (κ3) is 4.04. The van der Waals surface area contributed by atoms with Crippen LogP contribution in [0.4, 0.5) is 5.69 Å². The van der Waals surface area contributed by atoms with E-state index in [1.807, 2.05) is 13.8 Å². The Morgan fingerprint density at radius 3 is 2.75 bits per heavy atom. The lowest BCUT2D eigenvalue weighted by atomic mass is 10.1. The van der Waals surface area contributed by atoms with Crippen molar-refractivity contribution in [1.29, 1.82) is 0 Å². The molecule has 0 aliphatic rings. The number of benzene rings is 1. The summed E-state index contributed by atoms with van der Waals surface area (Å²) in [6, 6.07) is 6.62. The normalized spacial score (nSPS) is 12.4. The zero-order chi connectivity index (χ0) is 14.7. The standard InChI is InChI=1S/C15H20BrN3S/c1-10(17)6-12-4-5-15(14(16)7-12)19(3)8-13-9-20-11(2)18-13/h4-5,7,9-10H,6,8,17H2,1-3H3. The molecule has 1 aromatic carbocycles. The maximum Gasteiger partial charge on any atom is 0.0898 e. The van der Waals surface area contributed by atoms with Crippen LogP contribution < -0.4 is 10.6 Å². The van der Waals surface area contributed by atoms with E-state index in [1.54, 1.807) is 11.3 Å². The van der Waals surface area contributed by atoms with Crippen molar-refractivity contribution in [2.24, 2.45) is 5.73 Å². The average Bonchev–Trinajstić information content (AvgIpc) is 2.73. The Labute approximate surface area is 133 Å². The summed E-state index contributed by atoms with van der Waals surface area (Å²) in [5.41, 5.74) is 9.38. The number of aromatic nitrogens is 1. The van der Waals surface area contributed by atoms with Crippen LogP contribution in [0.15, 0.2) is 28.1 Å². The molecular formula is C15H20BrN3S. The van der Waals surface area contributed by atoms with Gasteiger partial charge in [0.1, 0.15) is 0 Å². The zero-order valence-electron chi connectivity index (χ0n) is 12.1. The average molecular weight is 354 g/mol. The monoisotopic (exact) mass is 353 g/mol. The lowest BCUT2D eigenvalue weighted by molar-refractivity contribution is 0.737.